The fraction of sp³-hybridized carbons (Fsp3) is 0.200. The van der Waals surface area contributed by atoms with Crippen LogP contribution >= 0.6 is 11.6 Å². The van der Waals surface area contributed by atoms with Crippen LogP contribution in [0.4, 0.5) is 0 Å². The van der Waals surface area contributed by atoms with E-state index in [0.717, 1.165) is 16.5 Å². The lowest BCUT2D eigenvalue weighted by molar-refractivity contribution is -0.129. The first-order chi connectivity index (χ1) is 12.5. The normalized spacial score (nSPS) is 12.0. The van der Waals surface area contributed by atoms with Crippen molar-refractivity contribution < 1.29 is 9.59 Å². The van der Waals surface area contributed by atoms with Crippen molar-refractivity contribution in [3.63, 3.8) is 0 Å². The summed E-state index contributed by atoms with van der Waals surface area (Å²) in [4.78, 5) is 29.6. The van der Waals surface area contributed by atoms with Crippen molar-refractivity contribution in [3.05, 3.63) is 70.9 Å². The molecule has 0 bridgehead atoms. The second-order valence-electron chi connectivity index (χ2n) is 6.29. The minimum atomic E-state index is -0.443. The van der Waals surface area contributed by atoms with E-state index in [0.29, 0.717) is 10.7 Å². The Bertz CT molecular complexity index is 935. The zero-order chi connectivity index (χ0) is 18.7. The Morgan fingerprint density at radius 2 is 1.73 bits per heavy atom. The molecule has 0 aliphatic heterocycles. The van der Waals surface area contributed by atoms with Gasteiger partial charge in [-0.3, -0.25) is 9.59 Å². The second kappa shape index (κ2) is 7.62. The van der Waals surface area contributed by atoms with Crippen LogP contribution in [0.3, 0.4) is 0 Å². The van der Waals surface area contributed by atoms with Gasteiger partial charge in [-0.2, -0.15) is 0 Å². The van der Waals surface area contributed by atoms with Crippen LogP contribution in [0, 0.1) is 0 Å². The van der Waals surface area contributed by atoms with E-state index < -0.39 is 6.04 Å². The standard InChI is InChI=1S/C20H20ClN3O2/c1-24(2)17(25)12-16(13-8-4-3-5-9-13)23-20(26)19-18(21)14-10-6-7-11-15(14)22-19/h3-11,16,22H,12H2,1-2H3,(H,23,26)/t16-/m1/s1. The van der Waals surface area contributed by atoms with Crippen molar-refractivity contribution in [3.8, 4) is 0 Å². The molecule has 0 fully saturated rings. The van der Waals surface area contributed by atoms with Gasteiger partial charge < -0.3 is 15.2 Å². The number of nitrogens with one attached hydrogen (secondary N) is 2. The molecule has 0 saturated carbocycles. The number of benzene rings is 2. The molecule has 2 N–H and O–H groups in total. The summed E-state index contributed by atoms with van der Waals surface area (Å²) in [5.41, 5.74) is 1.96. The van der Waals surface area contributed by atoms with E-state index >= 15 is 0 Å². The topological polar surface area (TPSA) is 65.2 Å². The van der Waals surface area contributed by atoms with Crippen LogP contribution in [-0.2, 0) is 4.79 Å². The first-order valence-electron chi connectivity index (χ1n) is 8.29. The van der Waals surface area contributed by atoms with E-state index in [2.05, 4.69) is 10.3 Å². The summed E-state index contributed by atoms with van der Waals surface area (Å²) < 4.78 is 0. The maximum atomic E-state index is 12.8. The van der Waals surface area contributed by atoms with E-state index in [-0.39, 0.29) is 18.2 Å². The Morgan fingerprint density at radius 1 is 1.08 bits per heavy atom. The lowest BCUT2D eigenvalue weighted by atomic mass is 10.0. The Labute approximate surface area is 157 Å². The van der Waals surface area contributed by atoms with Crippen molar-refractivity contribution in [2.24, 2.45) is 0 Å². The number of halogens is 1. The number of hydrogen-bond donors (Lipinski definition) is 2. The second-order valence-corrected chi connectivity index (χ2v) is 6.67. The molecule has 26 heavy (non-hydrogen) atoms. The average Bonchev–Trinajstić information content (AvgIpc) is 2.99. The van der Waals surface area contributed by atoms with Crippen LogP contribution in [0.15, 0.2) is 54.6 Å². The van der Waals surface area contributed by atoms with Crippen LogP contribution < -0.4 is 5.32 Å². The van der Waals surface area contributed by atoms with E-state index in [9.17, 15) is 9.59 Å². The minimum Gasteiger partial charge on any atom is -0.349 e. The molecule has 0 aliphatic carbocycles. The number of amides is 2. The van der Waals surface area contributed by atoms with E-state index in [1.54, 1.807) is 14.1 Å². The molecule has 0 spiro atoms. The number of fused-ring (bicyclic) bond motifs is 1. The highest BCUT2D eigenvalue weighted by Gasteiger charge is 2.23. The first-order valence-corrected chi connectivity index (χ1v) is 8.67. The zero-order valence-electron chi connectivity index (χ0n) is 14.6. The van der Waals surface area contributed by atoms with Crippen LogP contribution in [-0.4, -0.2) is 35.8 Å². The van der Waals surface area contributed by atoms with Gasteiger partial charge in [0.1, 0.15) is 5.69 Å². The Kier molecular flexibility index (Phi) is 5.28. The van der Waals surface area contributed by atoms with Gasteiger partial charge in [-0.25, -0.2) is 0 Å². The number of aromatic amines is 1. The lowest BCUT2D eigenvalue weighted by Crippen LogP contribution is -2.33. The third-order valence-electron chi connectivity index (χ3n) is 4.25. The SMILES string of the molecule is CN(C)C(=O)C[C@@H](NC(=O)c1[nH]c2ccccc2c1Cl)c1ccccc1. The molecule has 0 unspecified atom stereocenters. The van der Waals surface area contributed by atoms with Crippen molar-refractivity contribution in [2.45, 2.75) is 12.5 Å². The van der Waals surface area contributed by atoms with Gasteiger partial charge >= 0.3 is 0 Å². The number of para-hydroxylation sites is 1. The summed E-state index contributed by atoms with van der Waals surface area (Å²) in [5.74, 6) is -0.409. The molecule has 3 aromatic rings. The number of aromatic nitrogens is 1. The highest BCUT2D eigenvalue weighted by molar-refractivity contribution is 6.38. The molecule has 5 nitrogen and oxygen atoms in total. The van der Waals surface area contributed by atoms with Crippen molar-refractivity contribution in [1.29, 1.82) is 0 Å². The number of carbonyl (C=O) groups is 2. The summed E-state index contributed by atoms with van der Waals surface area (Å²) in [7, 11) is 3.39. The average molecular weight is 370 g/mol. The molecule has 6 heteroatoms. The molecule has 1 aromatic heterocycles. The Balaban J connectivity index is 1.88. The monoisotopic (exact) mass is 369 g/mol. The summed E-state index contributed by atoms with van der Waals surface area (Å²) in [6.07, 6.45) is 0.167. The van der Waals surface area contributed by atoms with Gasteiger partial charge in [-0.05, 0) is 11.6 Å². The Hall–Kier alpha value is -2.79. The summed E-state index contributed by atoms with van der Waals surface area (Å²) in [6.45, 7) is 0. The fourth-order valence-electron chi connectivity index (χ4n) is 2.79. The highest BCUT2D eigenvalue weighted by atomic mass is 35.5. The summed E-state index contributed by atoms with van der Waals surface area (Å²) in [6, 6.07) is 16.4. The smallest absolute Gasteiger partial charge is 0.269 e. The highest BCUT2D eigenvalue weighted by Crippen LogP contribution is 2.28. The van der Waals surface area contributed by atoms with E-state index in [1.807, 2.05) is 54.6 Å². The summed E-state index contributed by atoms with van der Waals surface area (Å²) >= 11 is 6.37. The van der Waals surface area contributed by atoms with Gasteiger partial charge in [-0.15, -0.1) is 0 Å². The molecule has 3 rings (SSSR count). The van der Waals surface area contributed by atoms with Crippen LogP contribution in [0.5, 0.6) is 0 Å². The van der Waals surface area contributed by atoms with Crippen LogP contribution in [0.25, 0.3) is 10.9 Å². The number of rotatable bonds is 5. The third-order valence-corrected chi connectivity index (χ3v) is 4.65. The van der Waals surface area contributed by atoms with Gasteiger partial charge in [0.05, 0.1) is 17.5 Å². The quantitative estimate of drug-likeness (QED) is 0.719. The third kappa shape index (κ3) is 3.73. The molecular weight excluding hydrogens is 350 g/mol. The minimum absolute atomic E-state index is 0.0677. The molecule has 0 radical (unpaired) electrons. The fourth-order valence-corrected chi connectivity index (χ4v) is 3.09. The predicted molar refractivity (Wildman–Crippen MR) is 103 cm³/mol. The summed E-state index contributed by atoms with van der Waals surface area (Å²) in [5, 5.41) is 4.11. The molecule has 1 atom stereocenters. The van der Waals surface area contributed by atoms with Crippen molar-refractivity contribution in [2.75, 3.05) is 14.1 Å². The first kappa shape index (κ1) is 18.0. The molecule has 0 saturated heterocycles. The van der Waals surface area contributed by atoms with E-state index in [1.165, 1.54) is 4.90 Å². The van der Waals surface area contributed by atoms with Crippen LogP contribution in [0.2, 0.25) is 5.02 Å². The maximum Gasteiger partial charge on any atom is 0.269 e. The van der Waals surface area contributed by atoms with Gasteiger partial charge in [0.2, 0.25) is 5.91 Å². The Morgan fingerprint density at radius 3 is 2.38 bits per heavy atom. The number of nitrogens with zero attached hydrogens (tertiary/aromatic N) is 1. The van der Waals surface area contributed by atoms with Crippen molar-refractivity contribution in [1.82, 2.24) is 15.2 Å². The van der Waals surface area contributed by atoms with Crippen LogP contribution in [0.1, 0.15) is 28.5 Å². The predicted octanol–water partition coefficient (Wildman–Crippen LogP) is 3.77. The van der Waals surface area contributed by atoms with E-state index in [4.69, 9.17) is 11.6 Å². The largest absolute Gasteiger partial charge is 0.349 e. The number of carbonyl (C=O) groups excluding carboxylic acids is 2. The van der Waals surface area contributed by atoms with Crippen molar-refractivity contribution >= 4 is 34.3 Å². The molecule has 2 amide bonds. The molecule has 134 valence electrons. The number of hydrogen-bond acceptors (Lipinski definition) is 2. The zero-order valence-corrected chi connectivity index (χ0v) is 15.4. The van der Waals surface area contributed by atoms with Gasteiger partial charge in [0.15, 0.2) is 0 Å². The molecule has 0 aliphatic rings. The van der Waals surface area contributed by atoms with Gasteiger partial charge in [0.25, 0.3) is 5.91 Å². The maximum absolute atomic E-state index is 12.8. The number of H-pyrrole nitrogens is 1. The van der Waals surface area contributed by atoms with Gasteiger partial charge in [0, 0.05) is 25.0 Å². The molecular formula is C20H20ClN3O2. The van der Waals surface area contributed by atoms with Gasteiger partial charge in [-0.1, -0.05) is 60.1 Å². The molecule has 1 heterocycles. The lowest BCUT2D eigenvalue weighted by Gasteiger charge is -2.20. The molecule has 2 aromatic carbocycles.